The molecule has 1 unspecified atom stereocenters. The average molecular weight is 754 g/mol. The Labute approximate surface area is 303 Å². The highest BCUT2D eigenvalue weighted by Gasteiger charge is 2.33. The van der Waals surface area contributed by atoms with Crippen molar-refractivity contribution in [3.8, 4) is 23.0 Å². The number of hydrogen-bond acceptors (Lipinski definition) is 8. The predicted octanol–water partition coefficient (Wildman–Crippen LogP) is 7.37. The number of para-hydroxylation sites is 1. The van der Waals surface area contributed by atoms with E-state index < -0.39 is 12.0 Å². The van der Waals surface area contributed by atoms with E-state index in [9.17, 15) is 9.59 Å². The van der Waals surface area contributed by atoms with Crippen molar-refractivity contribution >= 4 is 39.3 Å². The van der Waals surface area contributed by atoms with Gasteiger partial charge in [0.15, 0.2) is 16.3 Å². The molecule has 50 heavy (non-hydrogen) atoms. The van der Waals surface area contributed by atoms with Crippen LogP contribution in [0, 0.1) is 0 Å². The molecule has 1 aliphatic heterocycles. The Morgan fingerprint density at radius 2 is 1.58 bits per heavy atom. The summed E-state index contributed by atoms with van der Waals surface area (Å²) in [5.41, 5.74) is 3.32. The van der Waals surface area contributed by atoms with Gasteiger partial charge in [-0.05, 0) is 87.4 Å². The second kappa shape index (κ2) is 14.9. The van der Waals surface area contributed by atoms with Crippen LogP contribution >= 0.6 is 27.3 Å². The van der Waals surface area contributed by atoms with Gasteiger partial charge in [-0.1, -0.05) is 92.8 Å². The maximum atomic E-state index is 14.1. The summed E-state index contributed by atoms with van der Waals surface area (Å²) in [5, 5.41) is 0. The number of carbonyl (C=O) groups excluding carboxylic acids is 1. The molecule has 256 valence electrons. The fourth-order valence-electron chi connectivity index (χ4n) is 5.65. The number of halogens is 1. The van der Waals surface area contributed by atoms with E-state index in [1.165, 1.54) is 16.9 Å². The Bertz CT molecular complexity index is 2220. The van der Waals surface area contributed by atoms with Gasteiger partial charge in [-0.15, -0.1) is 0 Å². The lowest BCUT2D eigenvalue weighted by atomic mass is 9.87. The Morgan fingerprint density at radius 3 is 2.24 bits per heavy atom. The summed E-state index contributed by atoms with van der Waals surface area (Å²) >= 11 is 4.88. The van der Waals surface area contributed by atoms with Crippen LogP contribution < -0.4 is 33.8 Å². The van der Waals surface area contributed by atoms with E-state index in [-0.39, 0.29) is 11.0 Å². The molecule has 8 nitrogen and oxygen atoms in total. The summed E-state index contributed by atoms with van der Waals surface area (Å²) in [4.78, 5) is 33.0. The number of rotatable bonds is 10. The minimum atomic E-state index is -0.721. The zero-order valence-electron chi connectivity index (χ0n) is 28.4. The van der Waals surface area contributed by atoms with Gasteiger partial charge in [-0.25, -0.2) is 9.79 Å². The summed E-state index contributed by atoms with van der Waals surface area (Å²) in [6.45, 7) is 8.93. The van der Waals surface area contributed by atoms with Crippen molar-refractivity contribution < 1.29 is 23.7 Å². The Hall–Kier alpha value is -4.93. The first-order valence-corrected chi connectivity index (χ1v) is 17.7. The van der Waals surface area contributed by atoms with Gasteiger partial charge in [-0.3, -0.25) is 9.36 Å². The predicted molar refractivity (Wildman–Crippen MR) is 199 cm³/mol. The fraction of sp³-hybridized carbons (Fsp3) is 0.225. The normalized spacial score (nSPS) is 14.5. The summed E-state index contributed by atoms with van der Waals surface area (Å²) in [5.74, 6) is 1.64. The van der Waals surface area contributed by atoms with Gasteiger partial charge in [-0.2, -0.15) is 0 Å². The van der Waals surface area contributed by atoms with E-state index in [0.717, 1.165) is 16.9 Å². The van der Waals surface area contributed by atoms with E-state index in [1.807, 2.05) is 60.7 Å². The highest BCUT2D eigenvalue weighted by Crippen LogP contribution is 2.37. The smallest absolute Gasteiger partial charge is 0.343 e. The molecule has 0 N–H and O–H groups in total. The van der Waals surface area contributed by atoms with Crippen LogP contribution in [0.2, 0.25) is 0 Å². The molecule has 1 atom stereocenters. The molecular weight excluding hydrogens is 716 g/mol. The standard InChI is InChI=1S/C40H37BrN2O6S/c1-25-34(38(45)49-30-14-10-7-11-15-30)35(27-12-8-6-9-13-27)43-37(44)33(50-39(43)42-25)24-26-22-31(41)36(32(23-26)46-5)48-21-20-47-29-18-16-28(17-19-29)40(2,3)4/h6-19,22-24,35H,20-21H2,1-5H3/b33-24+. The van der Waals surface area contributed by atoms with Crippen LogP contribution in [0.3, 0.4) is 0 Å². The molecule has 2 heterocycles. The molecule has 1 aliphatic rings. The molecule has 0 aliphatic carbocycles. The number of fused-ring (bicyclic) bond motifs is 1. The Kier molecular flexibility index (Phi) is 10.4. The molecule has 0 radical (unpaired) electrons. The molecule has 10 heteroatoms. The monoisotopic (exact) mass is 752 g/mol. The first-order chi connectivity index (χ1) is 24.0. The fourth-order valence-corrected chi connectivity index (χ4v) is 7.27. The van der Waals surface area contributed by atoms with Crippen molar-refractivity contribution in [1.29, 1.82) is 0 Å². The number of thiazole rings is 1. The molecule has 0 fully saturated rings. The second-order valence-electron chi connectivity index (χ2n) is 12.7. The van der Waals surface area contributed by atoms with Gasteiger partial charge in [0, 0.05) is 0 Å². The third-order valence-corrected chi connectivity index (χ3v) is 9.75. The maximum Gasteiger partial charge on any atom is 0.343 e. The van der Waals surface area contributed by atoms with Gasteiger partial charge in [0.25, 0.3) is 5.56 Å². The summed E-state index contributed by atoms with van der Waals surface area (Å²) in [6, 6.07) is 29.3. The quantitative estimate of drug-likeness (QED) is 0.0842. The third-order valence-electron chi connectivity index (χ3n) is 8.18. The van der Waals surface area contributed by atoms with E-state index in [0.29, 0.717) is 55.5 Å². The Morgan fingerprint density at radius 1 is 0.920 bits per heavy atom. The van der Waals surface area contributed by atoms with Crippen molar-refractivity contribution in [2.24, 2.45) is 4.99 Å². The second-order valence-corrected chi connectivity index (χ2v) is 14.6. The highest BCUT2D eigenvalue weighted by molar-refractivity contribution is 9.10. The first kappa shape index (κ1) is 34.9. The lowest BCUT2D eigenvalue weighted by Gasteiger charge is -2.24. The van der Waals surface area contributed by atoms with Crippen molar-refractivity contribution in [2.45, 2.75) is 39.2 Å². The molecule has 0 saturated heterocycles. The van der Waals surface area contributed by atoms with Crippen molar-refractivity contribution in [1.82, 2.24) is 4.57 Å². The number of esters is 1. The number of nitrogens with zero attached hydrogens (tertiary/aromatic N) is 2. The van der Waals surface area contributed by atoms with Crippen molar-refractivity contribution in [2.75, 3.05) is 20.3 Å². The van der Waals surface area contributed by atoms with E-state index in [4.69, 9.17) is 23.9 Å². The summed E-state index contributed by atoms with van der Waals surface area (Å²) < 4.78 is 26.1. The van der Waals surface area contributed by atoms with Crippen LogP contribution in [-0.2, 0) is 10.2 Å². The number of ether oxygens (including phenoxy) is 4. The topological polar surface area (TPSA) is 88.4 Å². The van der Waals surface area contributed by atoms with Crippen molar-refractivity contribution in [3.63, 3.8) is 0 Å². The zero-order chi connectivity index (χ0) is 35.4. The van der Waals surface area contributed by atoms with Gasteiger partial charge < -0.3 is 18.9 Å². The molecule has 0 spiro atoms. The van der Waals surface area contributed by atoms with Gasteiger partial charge >= 0.3 is 5.97 Å². The van der Waals surface area contributed by atoms with Crippen LogP contribution in [-0.4, -0.2) is 30.9 Å². The van der Waals surface area contributed by atoms with E-state index in [1.54, 1.807) is 48.9 Å². The number of allylic oxidation sites excluding steroid dienone is 1. The van der Waals surface area contributed by atoms with E-state index in [2.05, 4.69) is 48.8 Å². The van der Waals surface area contributed by atoms with Crippen LogP contribution in [0.1, 0.15) is 50.4 Å². The number of benzene rings is 4. The summed E-state index contributed by atoms with van der Waals surface area (Å²) in [6.07, 6.45) is 1.79. The van der Waals surface area contributed by atoms with Gasteiger partial charge in [0.05, 0.1) is 33.4 Å². The third kappa shape index (κ3) is 7.61. The zero-order valence-corrected chi connectivity index (χ0v) is 30.8. The molecule has 5 aromatic rings. The number of hydrogen-bond donors (Lipinski definition) is 0. The highest BCUT2D eigenvalue weighted by atomic mass is 79.9. The van der Waals surface area contributed by atoms with Crippen LogP contribution in [0.15, 0.2) is 123 Å². The van der Waals surface area contributed by atoms with Gasteiger partial charge in [0.1, 0.15) is 24.7 Å². The minimum Gasteiger partial charge on any atom is -0.493 e. The van der Waals surface area contributed by atoms with Crippen molar-refractivity contribution in [3.05, 3.63) is 149 Å². The Balaban J connectivity index is 1.26. The molecule has 0 amide bonds. The SMILES string of the molecule is COc1cc(/C=c2/sc3n(c2=O)C(c2ccccc2)C(C(=O)Oc2ccccc2)=C(C)N=3)cc(Br)c1OCCOc1ccc(C(C)(C)C)cc1. The van der Waals surface area contributed by atoms with Crippen LogP contribution in [0.4, 0.5) is 0 Å². The molecule has 1 aromatic heterocycles. The number of methoxy groups -OCH3 is 1. The average Bonchev–Trinajstić information content (AvgIpc) is 3.40. The molecule has 4 aromatic carbocycles. The minimum absolute atomic E-state index is 0.0727. The van der Waals surface area contributed by atoms with Crippen LogP contribution in [0.25, 0.3) is 6.08 Å². The van der Waals surface area contributed by atoms with Gasteiger partial charge in [0.2, 0.25) is 0 Å². The van der Waals surface area contributed by atoms with E-state index >= 15 is 0 Å². The lowest BCUT2D eigenvalue weighted by molar-refractivity contribution is -0.130. The maximum absolute atomic E-state index is 14.1. The summed E-state index contributed by atoms with van der Waals surface area (Å²) in [7, 11) is 1.57. The number of aromatic nitrogens is 1. The largest absolute Gasteiger partial charge is 0.493 e. The molecule has 0 bridgehead atoms. The van der Waals surface area contributed by atoms with Crippen LogP contribution in [0.5, 0.6) is 23.0 Å². The molecule has 6 rings (SSSR count). The lowest BCUT2D eigenvalue weighted by Crippen LogP contribution is -2.40. The molecular formula is C40H37BrN2O6S. The first-order valence-electron chi connectivity index (χ1n) is 16.1. The number of carbonyl (C=O) groups is 1. The molecule has 0 saturated carbocycles.